The highest BCUT2D eigenvalue weighted by Crippen LogP contribution is 2.28. The largest absolute Gasteiger partial charge is 0.481 e. The molecule has 0 fully saturated rings. The van der Waals surface area contributed by atoms with E-state index in [0.717, 1.165) is 5.56 Å². The topological polar surface area (TPSA) is 67.3 Å². The fraction of sp³-hybridized carbons (Fsp3) is 0.667. The van der Waals surface area contributed by atoms with Crippen LogP contribution in [0.2, 0.25) is 0 Å². The van der Waals surface area contributed by atoms with Crippen LogP contribution in [0.1, 0.15) is 33.3 Å². The maximum absolute atomic E-state index is 10.1. The number of nitrogens with zero attached hydrogens (tertiary/aromatic N) is 2. The Balaban J connectivity index is 3.04. The molecule has 17 heavy (non-hydrogen) atoms. The third-order valence-electron chi connectivity index (χ3n) is 3.19. The van der Waals surface area contributed by atoms with E-state index in [4.69, 9.17) is 4.74 Å². The molecule has 96 valence electrons. The summed E-state index contributed by atoms with van der Waals surface area (Å²) >= 11 is 0. The minimum atomic E-state index is -0.877. The summed E-state index contributed by atoms with van der Waals surface area (Å²) in [4.78, 5) is 8.19. The number of anilines is 1. The Morgan fingerprint density at radius 1 is 1.24 bits per heavy atom. The quantitative estimate of drug-likeness (QED) is 0.838. The number of rotatable bonds is 4. The third-order valence-corrected chi connectivity index (χ3v) is 3.19. The summed E-state index contributed by atoms with van der Waals surface area (Å²) in [7, 11) is 1.57. The van der Waals surface area contributed by atoms with Gasteiger partial charge in [-0.3, -0.25) is 0 Å². The van der Waals surface area contributed by atoms with Gasteiger partial charge in [0.05, 0.1) is 23.8 Å². The Labute approximate surface area is 102 Å². The van der Waals surface area contributed by atoms with Crippen molar-refractivity contribution in [1.82, 2.24) is 9.97 Å². The van der Waals surface area contributed by atoms with Crippen LogP contribution in [0, 0.1) is 6.92 Å². The molecule has 1 aromatic heterocycles. The maximum atomic E-state index is 10.1. The van der Waals surface area contributed by atoms with Gasteiger partial charge in [0.15, 0.2) is 0 Å². The van der Waals surface area contributed by atoms with Crippen molar-refractivity contribution in [2.75, 3.05) is 12.4 Å². The summed E-state index contributed by atoms with van der Waals surface area (Å²) in [6.45, 7) is 9.23. The van der Waals surface area contributed by atoms with Gasteiger partial charge in [-0.2, -0.15) is 0 Å². The number of methoxy groups -OCH3 is 1. The molecule has 0 saturated heterocycles. The average molecular weight is 239 g/mol. The summed E-state index contributed by atoms with van der Waals surface area (Å²) in [6, 6.07) is 0. The summed E-state index contributed by atoms with van der Waals surface area (Å²) in [5.41, 5.74) is -0.568. The van der Waals surface area contributed by atoms with E-state index in [-0.39, 0.29) is 0 Å². The van der Waals surface area contributed by atoms with E-state index in [9.17, 15) is 5.11 Å². The Hall–Kier alpha value is -1.36. The van der Waals surface area contributed by atoms with Gasteiger partial charge in [-0.15, -0.1) is 0 Å². The lowest BCUT2D eigenvalue weighted by Gasteiger charge is -2.38. The van der Waals surface area contributed by atoms with Gasteiger partial charge in [0.1, 0.15) is 12.1 Å². The minimum Gasteiger partial charge on any atom is -0.481 e. The number of nitrogens with one attached hydrogen (secondary N) is 1. The van der Waals surface area contributed by atoms with Crippen molar-refractivity contribution in [2.45, 2.75) is 45.8 Å². The van der Waals surface area contributed by atoms with Gasteiger partial charge in [0.2, 0.25) is 5.88 Å². The first-order valence-electron chi connectivity index (χ1n) is 5.55. The highest BCUT2D eigenvalue weighted by Gasteiger charge is 2.35. The van der Waals surface area contributed by atoms with Crippen molar-refractivity contribution < 1.29 is 9.84 Å². The first kappa shape index (κ1) is 13.7. The molecule has 5 nitrogen and oxygen atoms in total. The molecule has 1 rings (SSSR count). The van der Waals surface area contributed by atoms with E-state index in [0.29, 0.717) is 11.7 Å². The molecule has 0 bridgehead atoms. The lowest BCUT2D eigenvalue weighted by Crippen LogP contribution is -2.51. The number of aliphatic hydroxyl groups is 1. The summed E-state index contributed by atoms with van der Waals surface area (Å²) in [5, 5.41) is 13.3. The smallest absolute Gasteiger partial charge is 0.221 e. The van der Waals surface area contributed by atoms with Gasteiger partial charge >= 0.3 is 0 Å². The number of ether oxygens (including phenoxy) is 1. The molecule has 0 radical (unpaired) electrons. The molecule has 0 aromatic carbocycles. The van der Waals surface area contributed by atoms with E-state index < -0.39 is 11.1 Å². The zero-order valence-electron chi connectivity index (χ0n) is 11.3. The molecular weight excluding hydrogens is 218 g/mol. The molecule has 0 atom stereocenters. The molecule has 0 amide bonds. The van der Waals surface area contributed by atoms with Crippen molar-refractivity contribution >= 4 is 5.82 Å². The molecule has 0 unspecified atom stereocenters. The number of hydrogen-bond donors (Lipinski definition) is 2. The van der Waals surface area contributed by atoms with Gasteiger partial charge in [-0.25, -0.2) is 9.97 Å². The van der Waals surface area contributed by atoms with Crippen molar-refractivity contribution in [3.63, 3.8) is 0 Å². The van der Waals surface area contributed by atoms with Crippen LogP contribution in [0.25, 0.3) is 0 Å². The van der Waals surface area contributed by atoms with Crippen LogP contribution in [-0.2, 0) is 0 Å². The molecule has 0 aliphatic carbocycles. The maximum Gasteiger partial charge on any atom is 0.221 e. The predicted molar refractivity (Wildman–Crippen MR) is 67.3 cm³/mol. The monoisotopic (exact) mass is 239 g/mol. The highest BCUT2D eigenvalue weighted by molar-refractivity contribution is 5.49. The van der Waals surface area contributed by atoms with Gasteiger partial charge in [0, 0.05) is 0 Å². The van der Waals surface area contributed by atoms with Crippen molar-refractivity contribution in [3.05, 3.63) is 11.9 Å². The second-order valence-electron chi connectivity index (χ2n) is 5.17. The Morgan fingerprint density at radius 2 is 1.82 bits per heavy atom. The van der Waals surface area contributed by atoms with E-state index in [1.165, 1.54) is 6.33 Å². The van der Waals surface area contributed by atoms with Gasteiger partial charge in [-0.1, -0.05) is 0 Å². The minimum absolute atomic E-state index is 0.517. The molecule has 1 aromatic rings. The number of aromatic nitrogens is 2. The van der Waals surface area contributed by atoms with E-state index in [1.807, 2.05) is 20.8 Å². The molecule has 0 aliphatic rings. The average Bonchev–Trinajstić information content (AvgIpc) is 2.19. The molecule has 0 spiro atoms. The van der Waals surface area contributed by atoms with Crippen LogP contribution in [0.15, 0.2) is 6.33 Å². The lowest BCUT2D eigenvalue weighted by atomic mass is 9.86. The Morgan fingerprint density at radius 3 is 2.29 bits per heavy atom. The summed E-state index contributed by atoms with van der Waals surface area (Å²) < 4.78 is 5.13. The molecule has 0 saturated carbocycles. The fourth-order valence-corrected chi connectivity index (χ4v) is 1.21. The van der Waals surface area contributed by atoms with Crippen LogP contribution < -0.4 is 10.1 Å². The first-order chi connectivity index (χ1) is 7.69. The predicted octanol–water partition coefficient (Wildman–Crippen LogP) is 1.76. The molecule has 0 aliphatic heterocycles. The van der Waals surface area contributed by atoms with E-state index in [2.05, 4.69) is 15.3 Å². The third kappa shape index (κ3) is 2.85. The van der Waals surface area contributed by atoms with E-state index in [1.54, 1.807) is 21.0 Å². The van der Waals surface area contributed by atoms with Crippen molar-refractivity contribution in [3.8, 4) is 5.88 Å². The van der Waals surface area contributed by atoms with E-state index >= 15 is 0 Å². The van der Waals surface area contributed by atoms with Crippen molar-refractivity contribution in [1.29, 1.82) is 0 Å². The summed E-state index contributed by atoms with van der Waals surface area (Å²) in [6.07, 6.45) is 1.44. The van der Waals surface area contributed by atoms with Crippen LogP contribution in [-0.4, -0.2) is 33.3 Å². The second-order valence-corrected chi connectivity index (χ2v) is 5.17. The lowest BCUT2D eigenvalue weighted by molar-refractivity contribution is 0.0238. The zero-order valence-corrected chi connectivity index (χ0v) is 11.3. The summed E-state index contributed by atoms with van der Waals surface area (Å²) in [5.74, 6) is 1.21. The van der Waals surface area contributed by atoms with Crippen LogP contribution >= 0.6 is 0 Å². The SMILES string of the molecule is COc1ncnc(NC(C)(C)C(C)(C)O)c1C. The highest BCUT2D eigenvalue weighted by atomic mass is 16.5. The normalized spacial score (nSPS) is 12.4. The van der Waals surface area contributed by atoms with Crippen LogP contribution in [0.5, 0.6) is 5.88 Å². The number of hydrogen-bond acceptors (Lipinski definition) is 5. The van der Waals surface area contributed by atoms with Gasteiger partial charge < -0.3 is 15.2 Å². The Kier molecular flexibility index (Phi) is 3.62. The van der Waals surface area contributed by atoms with Gasteiger partial charge in [0.25, 0.3) is 0 Å². The Bertz CT molecular complexity index is 397. The molecule has 5 heteroatoms. The first-order valence-corrected chi connectivity index (χ1v) is 5.55. The zero-order chi connectivity index (χ0) is 13.3. The molecule has 1 heterocycles. The fourth-order valence-electron chi connectivity index (χ4n) is 1.21. The molecule has 2 N–H and O–H groups in total. The standard InChI is InChI=1S/C12H21N3O2/c1-8-9(13-7-14-10(8)17-6)15-11(2,3)12(4,5)16/h7,16H,1-6H3,(H,13,14,15). The van der Waals surface area contributed by atoms with Crippen molar-refractivity contribution in [2.24, 2.45) is 0 Å². The molecular formula is C12H21N3O2. The van der Waals surface area contributed by atoms with Crippen LogP contribution in [0.4, 0.5) is 5.82 Å². The van der Waals surface area contributed by atoms with Crippen LogP contribution in [0.3, 0.4) is 0 Å². The van der Waals surface area contributed by atoms with Gasteiger partial charge in [-0.05, 0) is 34.6 Å². The second kappa shape index (κ2) is 4.49.